The molecule has 1 heterocycles. The van der Waals surface area contributed by atoms with Crippen LogP contribution >= 0.6 is 0 Å². The van der Waals surface area contributed by atoms with Crippen LogP contribution in [0.5, 0.6) is 0 Å². The third-order valence-corrected chi connectivity index (χ3v) is 19.8. The van der Waals surface area contributed by atoms with Crippen LogP contribution in [0.3, 0.4) is 0 Å². The molecule has 0 bridgehead atoms. The molecule has 5 nitrogen and oxygen atoms in total. The molecule has 582 valence electrons. The van der Waals surface area contributed by atoms with Gasteiger partial charge in [-0.1, -0.05) is 358 Å². The molecule has 0 N–H and O–H groups in total. The monoisotopic (exact) mass is 1510 g/mol. The van der Waals surface area contributed by atoms with Gasteiger partial charge >= 0.3 is 68.5 Å². The third kappa shape index (κ3) is 33.0. The molecule has 8 heteroatoms. The molecule has 13 rings (SSSR count). The molecule has 12 aromatic carbocycles. The smallest absolute Gasteiger partial charge is 0.469 e. The summed E-state index contributed by atoms with van der Waals surface area (Å²) in [4.78, 5) is 23.1. The molecule has 115 heavy (non-hydrogen) atoms. The second-order valence-corrected chi connectivity index (χ2v) is 28.4. The van der Waals surface area contributed by atoms with Crippen molar-refractivity contribution in [2.45, 2.75) is 137 Å². The number of hydrogen-bond acceptors (Lipinski definition) is 5. The van der Waals surface area contributed by atoms with Crippen molar-refractivity contribution in [2.75, 3.05) is 27.4 Å². The summed E-state index contributed by atoms with van der Waals surface area (Å²) in [5.74, 6) is 1.71. The minimum absolute atomic E-state index is 0. The van der Waals surface area contributed by atoms with Gasteiger partial charge in [-0.2, -0.15) is 30.5 Å². The number of esters is 2. The first kappa shape index (κ1) is 99.7. The van der Waals surface area contributed by atoms with E-state index in [4.69, 9.17) is 9.47 Å². The maximum absolute atomic E-state index is 12.9. The molecule has 1 aliphatic heterocycles. The number of carbonyl (C=O) groups excluding carboxylic acids is 2. The molecular formula is C107H121Li3O5. The third-order valence-electron chi connectivity index (χ3n) is 19.8. The average molecular weight is 1510 g/mol. The Hall–Kier alpha value is -9.45. The number of ether oxygens (including phenoxy) is 3. The normalized spacial score (nSPS) is 11.3. The van der Waals surface area contributed by atoms with Gasteiger partial charge in [0.05, 0.1) is 19.6 Å². The number of hydrogen-bond donors (Lipinski definition) is 0. The molecule has 12 aromatic rings. The van der Waals surface area contributed by atoms with Crippen LogP contribution in [0.2, 0.25) is 0 Å². The Morgan fingerprint density at radius 2 is 0.783 bits per heavy atom. The zero-order valence-electron chi connectivity index (χ0n) is 70.3. The van der Waals surface area contributed by atoms with Gasteiger partial charge in [0.25, 0.3) is 0 Å². The van der Waals surface area contributed by atoms with Gasteiger partial charge in [0, 0.05) is 24.2 Å². The van der Waals surface area contributed by atoms with E-state index in [1.165, 1.54) is 123 Å². The molecule has 1 aliphatic rings. The zero-order valence-corrected chi connectivity index (χ0v) is 70.3. The van der Waals surface area contributed by atoms with Crippen LogP contribution in [-0.2, 0) is 29.2 Å². The van der Waals surface area contributed by atoms with Gasteiger partial charge in [-0.25, -0.2) is 4.79 Å². The van der Waals surface area contributed by atoms with Gasteiger partial charge in [-0.05, 0) is 150 Å². The zero-order chi connectivity index (χ0) is 79.3. The standard InChI is InChI=1S/C35H38O2.C29H27.C15H15.C14H12.C5H8O2.C4H8O.C4H9.CH4.3Li/c1-5-27(29-21-23-30(24-22-29)28-15-9-6-10-16-28)25-35(31-17-11-7-12-18-31,32-19-13-8-14-20-32)26-34(2,3)33(36)37-4;1-2-23(25-18-20-26(21-19-25)24-12-6-3-7-13-24)22-29(27-14-8-4-9-15-27)28-16-10-5-11-17-28;1-2-6-13-9-11-15(12-10-13)14-7-4-3-5-8-14;1-2-12-8-10-14(11-9-12)13-6-4-3-5-7-13;1-4(2)5(6)7-3;1-2-4-5-3-1;1-3-4-2;;;;/h6-24,27H,5,25-26H2,1-4H3;3-21,23H,2,22H2,1H3;3-12H,2H2,1H3;2-11H,1H2;1H2,2-3H3;1-4H2;1,3-4H2,2H3;1H4;;;/q;2*-1;;;;-1;;3*+1. The van der Waals surface area contributed by atoms with E-state index in [0.717, 1.165) is 57.3 Å². The topological polar surface area (TPSA) is 61.8 Å². The molecular weight excluding hydrogens is 1390 g/mol. The van der Waals surface area contributed by atoms with E-state index >= 15 is 0 Å². The summed E-state index contributed by atoms with van der Waals surface area (Å²) in [5, 5.41) is 0. The fraction of sp³-hybridized carbons (Fsp3) is 0.243. The molecule has 0 aliphatic carbocycles. The van der Waals surface area contributed by atoms with E-state index < -0.39 is 5.41 Å². The van der Waals surface area contributed by atoms with Gasteiger partial charge in [0.15, 0.2) is 0 Å². The minimum atomic E-state index is -0.657. The number of carbonyl (C=O) groups is 2. The van der Waals surface area contributed by atoms with Gasteiger partial charge in [0.2, 0.25) is 0 Å². The molecule has 0 spiro atoms. The molecule has 2 unspecified atom stereocenters. The van der Waals surface area contributed by atoms with Crippen molar-refractivity contribution in [3.63, 3.8) is 0 Å². The van der Waals surface area contributed by atoms with Crippen molar-refractivity contribution in [1.82, 2.24) is 0 Å². The summed E-state index contributed by atoms with van der Waals surface area (Å²) >= 11 is 0. The van der Waals surface area contributed by atoms with Crippen LogP contribution in [0.25, 0.3) is 50.6 Å². The Labute approximate surface area is 729 Å². The summed E-state index contributed by atoms with van der Waals surface area (Å²) in [6.07, 6.45) is 14.7. The maximum atomic E-state index is 12.9. The summed E-state index contributed by atoms with van der Waals surface area (Å²) in [7, 11) is 2.82. The second-order valence-electron chi connectivity index (χ2n) is 28.4. The molecule has 1 saturated heterocycles. The first-order valence-corrected chi connectivity index (χ1v) is 39.5. The van der Waals surface area contributed by atoms with Gasteiger partial charge in [0.1, 0.15) is 0 Å². The van der Waals surface area contributed by atoms with Crippen molar-refractivity contribution in [1.29, 1.82) is 0 Å². The summed E-state index contributed by atoms with van der Waals surface area (Å²) in [6, 6.07) is 120. The molecule has 0 aromatic heterocycles. The van der Waals surface area contributed by atoms with Crippen molar-refractivity contribution in [2.24, 2.45) is 5.41 Å². The van der Waals surface area contributed by atoms with E-state index in [1.54, 1.807) is 6.92 Å². The Morgan fingerprint density at radius 1 is 0.470 bits per heavy atom. The number of methoxy groups -OCH3 is 2. The molecule has 1 fully saturated rings. The largest absolute Gasteiger partial charge is 1.00 e. The molecule has 0 saturated carbocycles. The van der Waals surface area contributed by atoms with Crippen molar-refractivity contribution < 1.29 is 80.4 Å². The summed E-state index contributed by atoms with van der Waals surface area (Å²) in [6.45, 7) is 27.1. The van der Waals surface area contributed by atoms with Crippen molar-refractivity contribution >= 4 is 18.0 Å². The Bertz CT molecular complexity index is 4420. The fourth-order valence-electron chi connectivity index (χ4n) is 13.6. The number of unbranched alkanes of at least 4 members (excludes halogenated alkanes) is 1. The van der Waals surface area contributed by atoms with Crippen molar-refractivity contribution in [3.05, 3.63) is 422 Å². The quantitative estimate of drug-likeness (QED) is 0.0261. The van der Waals surface area contributed by atoms with E-state index in [1.807, 2.05) is 38.1 Å². The van der Waals surface area contributed by atoms with E-state index in [-0.39, 0.29) is 81.4 Å². The maximum Gasteiger partial charge on any atom is 1.00 e. The minimum Gasteiger partial charge on any atom is -0.469 e. The Morgan fingerprint density at radius 3 is 1.06 bits per heavy atom. The Kier molecular flexibility index (Phi) is 48.5. The molecule has 0 amide bonds. The molecule has 2 atom stereocenters. The van der Waals surface area contributed by atoms with Crippen LogP contribution in [0.1, 0.15) is 176 Å². The second kappa shape index (κ2) is 56.0. The van der Waals surface area contributed by atoms with Gasteiger partial charge < -0.3 is 21.1 Å². The van der Waals surface area contributed by atoms with Crippen LogP contribution in [-0.4, -0.2) is 39.4 Å². The van der Waals surface area contributed by atoms with E-state index in [9.17, 15) is 9.59 Å². The van der Waals surface area contributed by atoms with E-state index in [2.05, 4.69) is 380 Å². The SMILES string of the molecule is C.C1CCOC1.C=C(C)C(=O)OC.C=Cc1ccc(-c2ccccc2)cc1.CCC(CC(CC(C)(C)C(=O)OC)(c1ccccc1)c1ccccc1)c1ccc(-c2ccccc2)cc1.CCC(C[C-](c1ccccc1)c1ccccc1)c1ccc(-c2ccccc2)cc1.CC[CH-]c1ccc(-c2ccccc2)cc1.[CH2-]CCC.[Li+].[Li+].[Li+]. The fourth-order valence-corrected chi connectivity index (χ4v) is 13.6. The molecule has 0 radical (unpaired) electrons. The summed E-state index contributed by atoms with van der Waals surface area (Å²) in [5.41, 5.74) is 19.8. The van der Waals surface area contributed by atoms with Gasteiger partial charge in [-0.15, -0.1) is 53.4 Å². The predicted molar refractivity (Wildman–Crippen MR) is 479 cm³/mol. The number of benzene rings is 12. The Balaban J connectivity index is 0.000000387. The summed E-state index contributed by atoms with van der Waals surface area (Å²) < 4.78 is 14.5. The van der Waals surface area contributed by atoms with Crippen LogP contribution in [0, 0.1) is 24.7 Å². The first-order valence-electron chi connectivity index (χ1n) is 39.5. The predicted octanol–water partition coefficient (Wildman–Crippen LogP) is 19.8. The first-order chi connectivity index (χ1) is 54.1. The van der Waals surface area contributed by atoms with Crippen LogP contribution < -0.4 is 56.6 Å². The average Bonchev–Trinajstić information content (AvgIpc) is 0.880. The van der Waals surface area contributed by atoms with Crippen LogP contribution in [0.15, 0.2) is 358 Å². The van der Waals surface area contributed by atoms with Crippen molar-refractivity contribution in [3.8, 4) is 44.5 Å². The van der Waals surface area contributed by atoms with E-state index in [0.29, 0.717) is 23.8 Å². The van der Waals surface area contributed by atoms with Gasteiger partial charge in [-0.3, -0.25) is 4.79 Å². The number of rotatable bonds is 24. The van der Waals surface area contributed by atoms with Crippen LogP contribution in [0.4, 0.5) is 0 Å².